The molecule has 126 valence electrons. The van der Waals surface area contributed by atoms with E-state index in [1.807, 2.05) is 36.3 Å². The van der Waals surface area contributed by atoms with Crippen LogP contribution in [0.3, 0.4) is 0 Å². The lowest BCUT2D eigenvalue weighted by Crippen LogP contribution is -2.46. The molecule has 1 atom stereocenters. The molecule has 1 aromatic rings. The molecule has 1 saturated heterocycles. The number of hydrogen-bond acceptors (Lipinski definition) is 4. The van der Waals surface area contributed by atoms with Crippen molar-refractivity contribution in [3.8, 4) is 0 Å². The average Bonchev–Trinajstić information content (AvgIpc) is 2.59. The van der Waals surface area contributed by atoms with E-state index in [9.17, 15) is 9.59 Å². The normalized spacial score (nSPS) is 17.9. The lowest BCUT2D eigenvalue weighted by molar-refractivity contribution is -0.126. The maximum atomic E-state index is 12.8. The van der Waals surface area contributed by atoms with Gasteiger partial charge in [0.25, 0.3) is 5.91 Å². The van der Waals surface area contributed by atoms with Crippen LogP contribution in [-0.4, -0.2) is 49.1 Å². The van der Waals surface area contributed by atoms with Crippen molar-refractivity contribution in [1.29, 1.82) is 0 Å². The van der Waals surface area contributed by atoms with Crippen molar-refractivity contribution < 1.29 is 9.59 Å². The quantitative estimate of drug-likeness (QED) is 0.802. The molecule has 1 unspecified atom stereocenters. The van der Waals surface area contributed by atoms with Crippen LogP contribution in [0.15, 0.2) is 23.1 Å². The lowest BCUT2D eigenvalue weighted by atomic mass is 9.96. The summed E-state index contributed by atoms with van der Waals surface area (Å²) in [6.07, 6.45) is 3.68. The third-order valence-corrected chi connectivity index (χ3v) is 4.92. The van der Waals surface area contributed by atoms with Gasteiger partial charge in [0.2, 0.25) is 5.91 Å². The topological polar surface area (TPSA) is 75.4 Å². The Morgan fingerprint density at radius 2 is 2.22 bits per heavy atom. The van der Waals surface area contributed by atoms with Gasteiger partial charge in [-0.15, -0.1) is 11.8 Å². The minimum Gasteiger partial charge on any atom is -0.355 e. The standard InChI is InChI=1S/C17H25N3O2S/c1-12-5-6-14(23-2)10-15(12)17(22)20-9-3-4-13(11-20)16(21)19-8-7-18/h5-6,10,13H,3-4,7-9,11,18H2,1-2H3,(H,19,21). The van der Waals surface area contributed by atoms with E-state index in [0.717, 1.165) is 28.9 Å². The number of carbonyl (C=O) groups excluding carboxylic acids is 2. The van der Waals surface area contributed by atoms with Crippen LogP contribution in [0.1, 0.15) is 28.8 Å². The van der Waals surface area contributed by atoms with Crippen LogP contribution in [0, 0.1) is 12.8 Å². The molecule has 1 aliphatic rings. The highest BCUT2D eigenvalue weighted by molar-refractivity contribution is 7.98. The van der Waals surface area contributed by atoms with Crippen LogP contribution >= 0.6 is 11.8 Å². The van der Waals surface area contributed by atoms with E-state index in [4.69, 9.17) is 5.73 Å². The van der Waals surface area contributed by atoms with Gasteiger partial charge < -0.3 is 16.0 Å². The van der Waals surface area contributed by atoms with Gasteiger partial charge in [-0.3, -0.25) is 9.59 Å². The summed E-state index contributed by atoms with van der Waals surface area (Å²) < 4.78 is 0. The molecule has 0 spiro atoms. The highest BCUT2D eigenvalue weighted by Gasteiger charge is 2.29. The number of aryl methyl sites for hydroxylation is 1. The fraction of sp³-hybridized carbons (Fsp3) is 0.529. The molecule has 0 saturated carbocycles. The third kappa shape index (κ3) is 4.48. The lowest BCUT2D eigenvalue weighted by Gasteiger charge is -2.32. The van der Waals surface area contributed by atoms with Crippen LogP contribution in [-0.2, 0) is 4.79 Å². The van der Waals surface area contributed by atoms with Gasteiger partial charge in [0, 0.05) is 36.6 Å². The second kappa shape index (κ2) is 8.36. The van der Waals surface area contributed by atoms with Crippen molar-refractivity contribution in [2.45, 2.75) is 24.7 Å². The Labute approximate surface area is 142 Å². The Hall–Kier alpha value is -1.53. The van der Waals surface area contributed by atoms with Crippen molar-refractivity contribution >= 4 is 23.6 Å². The molecular weight excluding hydrogens is 310 g/mol. The van der Waals surface area contributed by atoms with Gasteiger partial charge in [0.15, 0.2) is 0 Å². The Bertz CT molecular complexity index is 577. The number of amides is 2. The van der Waals surface area contributed by atoms with Gasteiger partial charge in [0.05, 0.1) is 5.92 Å². The molecule has 5 nitrogen and oxygen atoms in total. The highest BCUT2D eigenvalue weighted by atomic mass is 32.2. The molecular formula is C17H25N3O2S. The monoisotopic (exact) mass is 335 g/mol. The first-order valence-electron chi connectivity index (χ1n) is 7.98. The molecule has 2 rings (SSSR count). The molecule has 3 N–H and O–H groups in total. The molecule has 23 heavy (non-hydrogen) atoms. The molecule has 0 bridgehead atoms. The first-order valence-corrected chi connectivity index (χ1v) is 9.21. The van der Waals surface area contributed by atoms with Crippen molar-refractivity contribution in [1.82, 2.24) is 10.2 Å². The Morgan fingerprint density at radius 3 is 2.91 bits per heavy atom. The van der Waals surface area contributed by atoms with Crippen LogP contribution in [0.4, 0.5) is 0 Å². The molecule has 1 aliphatic heterocycles. The zero-order valence-corrected chi connectivity index (χ0v) is 14.6. The van der Waals surface area contributed by atoms with Gasteiger partial charge in [-0.05, 0) is 43.7 Å². The third-order valence-electron chi connectivity index (χ3n) is 4.20. The SMILES string of the molecule is CSc1ccc(C)c(C(=O)N2CCCC(C(=O)NCCN)C2)c1. The second-order valence-electron chi connectivity index (χ2n) is 5.85. The van der Waals surface area contributed by atoms with Gasteiger partial charge in [-0.25, -0.2) is 0 Å². The number of nitrogens with two attached hydrogens (primary N) is 1. The molecule has 0 aromatic heterocycles. The van der Waals surface area contributed by atoms with Crippen molar-refractivity contribution in [3.63, 3.8) is 0 Å². The number of hydrogen-bond donors (Lipinski definition) is 2. The number of carbonyl (C=O) groups is 2. The predicted octanol–water partition coefficient (Wildman–Crippen LogP) is 1.64. The molecule has 2 amide bonds. The van der Waals surface area contributed by atoms with Crippen molar-refractivity contribution in [2.24, 2.45) is 11.7 Å². The summed E-state index contributed by atoms with van der Waals surface area (Å²) >= 11 is 1.62. The molecule has 1 fully saturated rings. The van der Waals surface area contributed by atoms with Gasteiger partial charge in [-0.1, -0.05) is 6.07 Å². The Morgan fingerprint density at radius 1 is 1.43 bits per heavy atom. The Balaban J connectivity index is 2.09. The van der Waals surface area contributed by atoms with E-state index in [1.54, 1.807) is 11.8 Å². The highest BCUT2D eigenvalue weighted by Crippen LogP contribution is 2.23. The summed E-state index contributed by atoms with van der Waals surface area (Å²) in [4.78, 5) is 27.8. The second-order valence-corrected chi connectivity index (χ2v) is 6.73. The zero-order valence-electron chi connectivity index (χ0n) is 13.8. The maximum Gasteiger partial charge on any atom is 0.254 e. The fourth-order valence-electron chi connectivity index (χ4n) is 2.84. The van der Waals surface area contributed by atoms with Crippen LogP contribution in [0.5, 0.6) is 0 Å². The fourth-order valence-corrected chi connectivity index (χ4v) is 3.28. The molecule has 0 radical (unpaired) electrons. The number of nitrogens with zero attached hydrogens (tertiary/aromatic N) is 1. The van der Waals surface area contributed by atoms with E-state index in [2.05, 4.69) is 5.32 Å². The summed E-state index contributed by atoms with van der Waals surface area (Å²) in [7, 11) is 0. The molecule has 1 aromatic carbocycles. The molecule has 6 heteroatoms. The Kier molecular flexibility index (Phi) is 6.47. The van der Waals surface area contributed by atoms with Crippen LogP contribution < -0.4 is 11.1 Å². The van der Waals surface area contributed by atoms with E-state index in [0.29, 0.717) is 26.2 Å². The summed E-state index contributed by atoms with van der Waals surface area (Å²) in [6.45, 7) is 4.06. The van der Waals surface area contributed by atoms with Gasteiger partial charge in [0.1, 0.15) is 0 Å². The maximum absolute atomic E-state index is 12.8. The number of likely N-dealkylation sites (tertiary alicyclic amines) is 1. The molecule has 0 aliphatic carbocycles. The van der Waals surface area contributed by atoms with Crippen LogP contribution in [0.25, 0.3) is 0 Å². The van der Waals surface area contributed by atoms with E-state index in [-0.39, 0.29) is 17.7 Å². The molecule has 1 heterocycles. The summed E-state index contributed by atoms with van der Waals surface area (Å²) in [5, 5.41) is 2.83. The van der Waals surface area contributed by atoms with Gasteiger partial charge >= 0.3 is 0 Å². The minimum absolute atomic E-state index is 0.00235. The van der Waals surface area contributed by atoms with E-state index >= 15 is 0 Å². The predicted molar refractivity (Wildman–Crippen MR) is 93.7 cm³/mol. The number of benzene rings is 1. The zero-order chi connectivity index (χ0) is 16.8. The average molecular weight is 335 g/mol. The first kappa shape index (κ1) is 17.8. The van der Waals surface area contributed by atoms with E-state index in [1.165, 1.54) is 0 Å². The van der Waals surface area contributed by atoms with E-state index < -0.39 is 0 Å². The number of nitrogens with one attached hydrogen (secondary N) is 1. The summed E-state index contributed by atoms with van der Waals surface area (Å²) in [5.74, 6) is -0.111. The summed E-state index contributed by atoms with van der Waals surface area (Å²) in [5.41, 5.74) is 7.13. The number of piperidine rings is 1. The number of thioether (sulfide) groups is 1. The van der Waals surface area contributed by atoms with Crippen molar-refractivity contribution in [2.75, 3.05) is 32.4 Å². The smallest absolute Gasteiger partial charge is 0.254 e. The summed E-state index contributed by atoms with van der Waals surface area (Å²) in [6, 6.07) is 5.95. The van der Waals surface area contributed by atoms with Crippen molar-refractivity contribution in [3.05, 3.63) is 29.3 Å². The minimum atomic E-state index is -0.136. The van der Waals surface area contributed by atoms with Crippen LogP contribution in [0.2, 0.25) is 0 Å². The van der Waals surface area contributed by atoms with Gasteiger partial charge in [-0.2, -0.15) is 0 Å². The number of rotatable bonds is 5. The largest absolute Gasteiger partial charge is 0.355 e. The first-order chi connectivity index (χ1) is 11.1.